The van der Waals surface area contributed by atoms with E-state index in [1.54, 1.807) is 54.6 Å². The smallest absolute Gasteiger partial charge is 0.411 e. The fraction of sp³-hybridized carbons (Fsp3) is 0.174. The van der Waals surface area contributed by atoms with Gasteiger partial charge in [-0.1, -0.05) is 12.1 Å². The zero-order valence-corrected chi connectivity index (χ0v) is 17.6. The number of ether oxygens (including phenoxy) is 2. The fourth-order valence-corrected chi connectivity index (χ4v) is 2.74. The number of anilines is 3. The van der Waals surface area contributed by atoms with Crippen LogP contribution in [0, 0.1) is 6.92 Å². The molecule has 0 saturated heterocycles. The first kappa shape index (κ1) is 22.6. The number of benzene rings is 2. The van der Waals surface area contributed by atoms with E-state index in [4.69, 9.17) is 13.9 Å². The Morgan fingerprint density at radius 1 is 0.875 bits per heavy atom. The van der Waals surface area contributed by atoms with Gasteiger partial charge in [0, 0.05) is 29.7 Å². The number of carbonyl (C=O) groups excluding carboxylic acids is 3. The molecule has 9 heteroatoms. The molecule has 2 aromatic carbocycles. The van der Waals surface area contributed by atoms with E-state index < -0.39 is 12.0 Å². The minimum Gasteiger partial charge on any atom is -0.459 e. The number of carbonyl (C=O) groups is 3. The van der Waals surface area contributed by atoms with Crippen molar-refractivity contribution in [1.82, 2.24) is 0 Å². The van der Waals surface area contributed by atoms with Gasteiger partial charge in [0.25, 0.3) is 11.8 Å². The van der Waals surface area contributed by atoms with E-state index in [-0.39, 0.29) is 18.3 Å². The third-order valence-electron chi connectivity index (χ3n) is 4.38. The van der Waals surface area contributed by atoms with Crippen molar-refractivity contribution in [3.63, 3.8) is 0 Å². The van der Waals surface area contributed by atoms with E-state index in [1.165, 1.54) is 13.4 Å². The molecule has 1 heterocycles. The Labute approximate surface area is 184 Å². The number of rotatable bonds is 8. The van der Waals surface area contributed by atoms with E-state index in [9.17, 15) is 14.4 Å². The summed E-state index contributed by atoms with van der Waals surface area (Å²) in [6.07, 6.45) is 0.787. The number of hydrogen-bond donors (Lipinski definition) is 3. The molecule has 0 atom stereocenters. The molecule has 0 aliphatic carbocycles. The number of nitrogens with one attached hydrogen (secondary N) is 3. The van der Waals surface area contributed by atoms with Crippen LogP contribution < -0.4 is 16.0 Å². The largest absolute Gasteiger partial charge is 0.459 e. The molecule has 3 aromatic rings. The standard InChI is InChI=1S/C23H23N3O6/c1-15-8-9-16(13-19(15)26-22(28)20-7-4-10-31-20)21(27)24-17-5-3-6-18(14-17)25-23(29)32-12-11-30-2/h3-10,13-14H,11-12H2,1-2H3,(H,24,27)(H,25,29)(H,26,28). The van der Waals surface area contributed by atoms with Gasteiger partial charge in [-0.05, 0) is 55.0 Å². The lowest BCUT2D eigenvalue weighted by Crippen LogP contribution is -2.17. The van der Waals surface area contributed by atoms with E-state index >= 15 is 0 Å². The summed E-state index contributed by atoms with van der Waals surface area (Å²) in [5.74, 6) is -0.616. The monoisotopic (exact) mass is 437 g/mol. The van der Waals surface area contributed by atoms with Gasteiger partial charge < -0.3 is 24.5 Å². The van der Waals surface area contributed by atoms with Crippen molar-refractivity contribution in [1.29, 1.82) is 0 Å². The minimum absolute atomic E-state index is 0.130. The van der Waals surface area contributed by atoms with Crippen molar-refractivity contribution in [2.24, 2.45) is 0 Å². The van der Waals surface area contributed by atoms with Gasteiger partial charge in [0.05, 0.1) is 12.9 Å². The molecule has 0 aliphatic rings. The second-order valence-corrected chi connectivity index (χ2v) is 6.75. The maximum absolute atomic E-state index is 12.7. The summed E-state index contributed by atoms with van der Waals surface area (Å²) in [6, 6.07) is 14.8. The molecular weight excluding hydrogens is 414 g/mol. The average molecular weight is 437 g/mol. The van der Waals surface area contributed by atoms with Crippen LogP contribution in [-0.2, 0) is 9.47 Å². The predicted molar refractivity (Wildman–Crippen MR) is 119 cm³/mol. The molecule has 0 bridgehead atoms. The van der Waals surface area contributed by atoms with Gasteiger partial charge in [-0.25, -0.2) is 4.79 Å². The number of aryl methyl sites for hydroxylation is 1. The summed E-state index contributed by atoms with van der Waals surface area (Å²) < 4.78 is 14.9. The van der Waals surface area contributed by atoms with Crippen LogP contribution in [0.1, 0.15) is 26.5 Å². The fourth-order valence-electron chi connectivity index (χ4n) is 2.74. The SMILES string of the molecule is COCCOC(=O)Nc1cccc(NC(=O)c2ccc(C)c(NC(=O)c3ccco3)c2)c1. The summed E-state index contributed by atoms with van der Waals surface area (Å²) in [5, 5.41) is 8.09. The van der Waals surface area contributed by atoms with Gasteiger partial charge >= 0.3 is 6.09 Å². The molecule has 166 valence electrons. The zero-order chi connectivity index (χ0) is 22.9. The second-order valence-electron chi connectivity index (χ2n) is 6.75. The highest BCUT2D eigenvalue weighted by atomic mass is 16.6. The van der Waals surface area contributed by atoms with Crippen molar-refractivity contribution >= 4 is 35.0 Å². The van der Waals surface area contributed by atoms with Crippen LogP contribution in [0.4, 0.5) is 21.9 Å². The molecule has 0 unspecified atom stereocenters. The topological polar surface area (TPSA) is 119 Å². The first-order chi connectivity index (χ1) is 15.5. The maximum Gasteiger partial charge on any atom is 0.411 e. The lowest BCUT2D eigenvalue weighted by Gasteiger charge is -2.11. The Bertz CT molecular complexity index is 1090. The van der Waals surface area contributed by atoms with Crippen molar-refractivity contribution < 1.29 is 28.3 Å². The summed E-state index contributed by atoms with van der Waals surface area (Å²) in [5.41, 5.74) is 2.57. The first-order valence-electron chi connectivity index (χ1n) is 9.76. The molecular formula is C23H23N3O6. The quantitative estimate of drug-likeness (QED) is 0.453. The highest BCUT2D eigenvalue weighted by Gasteiger charge is 2.13. The summed E-state index contributed by atoms with van der Waals surface area (Å²) in [7, 11) is 1.51. The van der Waals surface area contributed by atoms with Gasteiger partial charge in [0.1, 0.15) is 6.61 Å². The Kier molecular flexibility index (Phi) is 7.60. The Balaban J connectivity index is 1.65. The third kappa shape index (κ3) is 6.19. The summed E-state index contributed by atoms with van der Waals surface area (Å²) in [6.45, 7) is 2.25. The number of hydrogen-bond acceptors (Lipinski definition) is 6. The highest BCUT2D eigenvalue weighted by molar-refractivity contribution is 6.07. The van der Waals surface area contributed by atoms with Crippen LogP contribution in [0.15, 0.2) is 65.3 Å². The molecule has 3 N–H and O–H groups in total. The number of furan rings is 1. The number of amides is 3. The van der Waals surface area contributed by atoms with Crippen LogP contribution >= 0.6 is 0 Å². The highest BCUT2D eigenvalue weighted by Crippen LogP contribution is 2.21. The number of methoxy groups -OCH3 is 1. The zero-order valence-electron chi connectivity index (χ0n) is 17.6. The van der Waals surface area contributed by atoms with E-state index in [2.05, 4.69) is 16.0 Å². The van der Waals surface area contributed by atoms with Gasteiger partial charge in [-0.2, -0.15) is 0 Å². The molecule has 0 fully saturated rings. The summed E-state index contributed by atoms with van der Waals surface area (Å²) in [4.78, 5) is 36.8. The molecule has 3 amide bonds. The molecule has 0 saturated carbocycles. The van der Waals surface area contributed by atoms with E-state index in [0.29, 0.717) is 29.2 Å². The molecule has 0 radical (unpaired) electrons. The second kappa shape index (κ2) is 10.8. The van der Waals surface area contributed by atoms with Crippen LogP contribution in [0.5, 0.6) is 0 Å². The normalized spacial score (nSPS) is 10.3. The molecule has 0 aliphatic heterocycles. The maximum atomic E-state index is 12.7. The Morgan fingerprint density at radius 3 is 2.38 bits per heavy atom. The predicted octanol–water partition coefficient (Wildman–Crippen LogP) is 4.29. The van der Waals surface area contributed by atoms with Crippen molar-refractivity contribution in [2.45, 2.75) is 6.92 Å². The van der Waals surface area contributed by atoms with Crippen LogP contribution in [-0.4, -0.2) is 38.2 Å². The molecule has 0 spiro atoms. The third-order valence-corrected chi connectivity index (χ3v) is 4.38. The molecule has 9 nitrogen and oxygen atoms in total. The average Bonchev–Trinajstić information content (AvgIpc) is 3.31. The van der Waals surface area contributed by atoms with Gasteiger partial charge in [0.2, 0.25) is 0 Å². The van der Waals surface area contributed by atoms with Gasteiger partial charge in [-0.15, -0.1) is 0 Å². The van der Waals surface area contributed by atoms with Crippen molar-refractivity contribution in [2.75, 3.05) is 36.3 Å². The van der Waals surface area contributed by atoms with Crippen molar-refractivity contribution in [3.8, 4) is 0 Å². The lowest BCUT2D eigenvalue weighted by molar-refractivity contribution is 0.0993. The minimum atomic E-state index is -0.624. The van der Waals surface area contributed by atoms with E-state index in [1.807, 2.05) is 6.92 Å². The molecule has 1 aromatic heterocycles. The van der Waals surface area contributed by atoms with Gasteiger partial charge in [0.15, 0.2) is 5.76 Å². The van der Waals surface area contributed by atoms with Crippen LogP contribution in [0.3, 0.4) is 0 Å². The first-order valence-corrected chi connectivity index (χ1v) is 9.76. The lowest BCUT2D eigenvalue weighted by atomic mass is 10.1. The van der Waals surface area contributed by atoms with Crippen LogP contribution in [0.2, 0.25) is 0 Å². The molecule has 32 heavy (non-hydrogen) atoms. The van der Waals surface area contributed by atoms with E-state index in [0.717, 1.165) is 5.56 Å². The Morgan fingerprint density at radius 2 is 1.66 bits per heavy atom. The van der Waals surface area contributed by atoms with Crippen LogP contribution in [0.25, 0.3) is 0 Å². The van der Waals surface area contributed by atoms with Crippen molar-refractivity contribution in [3.05, 3.63) is 77.7 Å². The Hall–Kier alpha value is -4.11. The van der Waals surface area contributed by atoms with Gasteiger partial charge in [-0.3, -0.25) is 14.9 Å². The molecule has 3 rings (SSSR count). The summed E-state index contributed by atoms with van der Waals surface area (Å²) >= 11 is 0.